The fraction of sp³-hybridized carbons (Fsp3) is 0.545. The highest BCUT2D eigenvalue weighted by atomic mass is 16.6. The van der Waals surface area contributed by atoms with Crippen LogP contribution in [0.15, 0.2) is 43.0 Å². The maximum atomic E-state index is 12.2. The van der Waals surface area contributed by atoms with Gasteiger partial charge in [0.1, 0.15) is 5.60 Å². The van der Waals surface area contributed by atoms with E-state index in [4.69, 9.17) is 4.74 Å². The van der Waals surface area contributed by atoms with Crippen LogP contribution < -0.4 is 5.32 Å². The van der Waals surface area contributed by atoms with E-state index in [2.05, 4.69) is 11.9 Å². The second-order valence-corrected chi connectivity index (χ2v) is 8.00. The zero-order chi connectivity index (χ0) is 21.2. The van der Waals surface area contributed by atoms with E-state index in [1.54, 1.807) is 26.8 Å². The normalized spacial score (nSPS) is 14.6. The Morgan fingerprint density at radius 1 is 1.25 bits per heavy atom. The quantitative estimate of drug-likeness (QED) is 0.392. The number of carboxylic acid groups (broad SMARTS) is 1. The van der Waals surface area contributed by atoms with Gasteiger partial charge in [-0.25, -0.2) is 4.79 Å². The molecule has 1 aromatic carbocycles. The molecule has 0 saturated heterocycles. The maximum absolute atomic E-state index is 12.2. The van der Waals surface area contributed by atoms with Crippen molar-refractivity contribution in [3.05, 3.63) is 48.6 Å². The molecule has 0 heterocycles. The molecule has 156 valence electrons. The number of carboxylic acids is 1. The van der Waals surface area contributed by atoms with Gasteiger partial charge in [0.05, 0.1) is 18.1 Å². The van der Waals surface area contributed by atoms with Crippen LogP contribution in [0, 0.1) is 5.92 Å². The molecule has 0 spiro atoms. The summed E-state index contributed by atoms with van der Waals surface area (Å²) in [6.45, 7) is 8.92. The zero-order valence-corrected chi connectivity index (χ0v) is 17.1. The van der Waals surface area contributed by atoms with Crippen molar-refractivity contribution in [2.24, 2.45) is 5.92 Å². The number of aliphatic hydroxyl groups is 1. The Kier molecular flexibility index (Phi) is 9.73. The highest BCUT2D eigenvalue weighted by Gasteiger charge is 2.29. The number of rotatable bonds is 11. The SMILES string of the molecule is C=CCCC[C@H](C[C@@H](O)[C@H](Cc1ccccc1)NC(=O)OC(C)(C)C)C(=O)O. The van der Waals surface area contributed by atoms with Crippen LogP contribution in [-0.4, -0.2) is 40.0 Å². The molecule has 6 nitrogen and oxygen atoms in total. The third-order valence-electron chi connectivity index (χ3n) is 4.30. The number of amides is 1. The van der Waals surface area contributed by atoms with E-state index in [1.807, 2.05) is 30.3 Å². The van der Waals surface area contributed by atoms with Crippen molar-refractivity contribution in [2.75, 3.05) is 0 Å². The van der Waals surface area contributed by atoms with E-state index in [-0.39, 0.29) is 6.42 Å². The number of allylic oxidation sites excluding steroid dienone is 1. The Morgan fingerprint density at radius 3 is 2.43 bits per heavy atom. The van der Waals surface area contributed by atoms with E-state index in [1.165, 1.54) is 0 Å². The summed E-state index contributed by atoms with van der Waals surface area (Å²) < 4.78 is 5.30. The predicted molar refractivity (Wildman–Crippen MR) is 109 cm³/mol. The van der Waals surface area contributed by atoms with E-state index in [0.717, 1.165) is 12.0 Å². The van der Waals surface area contributed by atoms with Crippen molar-refractivity contribution < 1.29 is 24.5 Å². The van der Waals surface area contributed by atoms with Gasteiger partial charge in [-0.05, 0) is 58.4 Å². The number of alkyl carbamates (subject to hydrolysis) is 1. The number of aliphatic hydroxyl groups excluding tert-OH is 1. The van der Waals surface area contributed by atoms with Gasteiger partial charge >= 0.3 is 12.1 Å². The lowest BCUT2D eigenvalue weighted by atomic mass is 9.90. The van der Waals surface area contributed by atoms with Gasteiger partial charge in [-0.1, -0.05) is 36.4 Å². The first-order valence-electron chi connectivity index (χ1n) is 9.67. The molecule has 0 aliphatic rings. The van der Waals surface area contributed by atoms with Crippen molar-refractivity contribution in [1.29, 1.82) is 0 Å². The molecule has 0 aromatic heterocycles. The van der Waals surface area contributed by atoms with E-state index in [9.17, 15) is 19.8 Å². The first kappa shape index (κ1) is 23.7. The van der Waals surface area contributed by atoms with E-state index < -0.39 is 35.7 Å². The number of benzene rings is 1. The summed E-state index contributed by atoms with van der Waals surface area (Å²) in [7, 11) is 0. The summed E-state index contributed by atoms with van der Waals surface area (Å²) >= 11 is 0. The van der Waals surface area contributed by atoms with E-state index in [0.29, 0.717) is 19.3 Å². The average molecular weight is 392 g/mol. The van der Waals surface area contributed by atoms with Crippen LogP contribution in [0.1, 0.15) is 52.0 Å². The van der Waals surface area contributed by atoms with Gasteiger partial charge < -0.3 is 20.3 Å². The van der Waals surface area contributed by atoms with Gasteiger partial charge in [0.15, 0.2) is 0 Å². The number of aliphatic carboxylic acids is 1. The molecule has 0 bridgehead atoms. The lowest BCUT2D eigenvalue weighted by molar-refractivity contribution is -0.143. The van der Waals surface area contributed by atoms with Crippen LogP contribution in [0.2, 0.25) is 0 Å². The van der Waals surface area contributed by atoms with Gasteiger partial charge in [0.2, 0.25) is 0 Å². The molecule has 0 saturated carbocycles. The molecular formula is C22H33NO5. The molecule has 0 unspecified atom stereocenters. The van der Waals surface area contributed by atoms with Crippen molar-refractivity contribution in [3.63, 3.8) is 0 Å². The number of carbonyl (C=O) groups is 2. The lowest BCUT2D eigenvalue weighted by Crippen LogP contribution is -2.47. The van der Waals surface area contributed by atoms with Gasteiger partial charge in [0.25, 0.3) is 0 Å². The van der Waals surface area contributed by atoms with Crippen molar-refractivity contribution in [2.45, 2.75) is 70.6 Å². The van der Waals surface area contributed by atoms with Crippen molar-refractivity contribution in [3.8, 4) is 0 Å². The second kappa shape index (κ2) is 11.5. The predicted octanol–water partition coefficient (Wildman–Crippen LogP) is 3.93. The molecule has 0 aliphatic heterocycles. The molecule has 1 rings (SSSR count). The van der Waals surface area contributed by atoms with Crippen molar-refractivity contribution >= 4 is 12.1 Å². The molecule has 0 radical (unpaired) electrons. The minimum atomic E-state index is -1.02. The Hall–Kier alpha value is -2.34. The smallest absolute Gasteiger partial charge is 0.407 e. The molecule has 0 fully saturated rings. The summed E-state index contributed by atoms with van der Waals surface area (Å²) in [6.07, 6.45) is 2.39. The van der Waals surface area contributed by atoms with Gasteiger partial charge in [-0.3, -0.25) is 4.79 Å². The summed E-state index contributed by atoms with van der Waals surface area (Å²) in [5.41, 5.74) is 0.266. The van der Waals surface area contributed by atoms with Crippen LogP contribution in [0.25, 0.3) is 0 Å². The Bertz CT molecular complexity index is 624. The summed E-state index contributed by atoms with van der Waals surface area (Å²) in [4.78, 5) is 23.8. The second-order valence-electron chi connectivity index (χ2n) is 8.00. The topological polar surface area (TPSA) is 95.9 Å². The number of ether oxygens (including phenoxy) is 1. The lowest BCUT2D eigenvalue weighted by Gasteiger charge is -2.28. The van der Waals surface area contributed by atoms with E-state index >= 15 is 0 Å². The number of nitrogens with one attached hydrogen (secondary N) is 1. The number of carbonyl (C=O) groups excluding carboxylic acids is 1. The Labute approximate surface area is 167 Å². The molecule has 1 aromatic rings. The monoisotopic (exact) mass is 391 g/mol. The summed E-state index contributed by atoms with van der Waals surface area (Å²) in [5, 5.41) is 22.9. The number of unbranched alkanes of at least 4 members (excludes halogenated alkanes) is 1. The highest BCUT2D eigenvalue weighted by Crippen LogP contribution is 2.19. The minimum Gasteiger partial charge on any atom is -0.481 e. The molecule has 1 amide bonds. The van der Waals surface area contributed by atoms with Crippen LogP contribution >= 0.6 is 0 Å². The van der Waals surface area contributed by atoms with Gasteiger partial charge in [-0.2, -0.15) is 0 Å². The minimum absolute atomic E-state index is 0.0553. The largest absolute Gasteiger partial charge is 0.481 e. The summed E-state index contributed by atoms with van der Waals surface area (Å²) in [5.74, 6) is -1.63. The average Bonchev–Trinajstić information content (AvgIpc) is 2.59. The third-order valence-corrected chi connectivity index (χ3v) is 4.30. The molecule has 28 heavy (non-hydrogen) atoms. The first-order chi connectivity index (χ1) is 13.1. The number of hydrogen-bond acceptors (Lipinski definition) is 4. The molecule has 0 aliphatic carbocycles. The van der Waals surface area contributed by atoms with Crippen LogP contribution in [0.4, 0.5) is 4.79 Å². The van der Waals surface area contributed by atoms with Crippen LogP contribution in [0.5, 0.6) is 0 Å². The molecule has 6 heteroatoms. The zero-order valence-electron chi connectivity index (χ0n) is 17.1. The molecule has 3 N–H and O–H groups in total. The summed E-state index contributed by atoms with van der Waals surface area (Å²) in [6, 6.07) is 8.78. The standard InChI is InChI=1S/C22H33NO5/c1-5-6-8-13-17(20(25)26)15-19(24)18(14-16-11-9-7-10-12-16)23-21(27)28-22(2,3)4/h5,7,9-12,17-19,24H,1,6,8,13-15H2,2-4H3,(H,23,27)(H,25,26)/t17-,18+,19-/m1/s1. The Morgan fingerprint density at radius 2 is 1.89 bits per heavy atom. The third kappa shape index (κ3) is 9.55. The molecule has 3 atom stereocenters. The van der Waals surface area contributed by atoms with Crippen LogP contribution in [-0.2, 0) is 16.0 Å². The maximum Gasteiger partial charge on any atom is 0.407 e. The fourth-order valence-electron chi connectivity index (χ4n) is 2.92. The van der Waals surface area contributed by atoms with Gasteiger partial charge in [0, 0.05) is 0 Å². The fourth-order valence-corrected chi connectivity index (χ4v) is 2.92. The molecular weight excluding hydrogens is 358 g/mol. The highest BCUT2D eigenvalue weighted by molar-refractivity contribution is 5.70. The van der Waals surface area contributed by atoms with Crippen molar-refractivity contribution in [1.82, 2.24) is 5.32 Å². The van der Waals surface area contributed by atoms with Crippen LogP contribution in [0.3, 0.4) is 0 Å². The Balaban J connectivity index is 2.86. The number of hydrogen-bond donors (Lipinski definition) is 3. The first-order valence-corrected chi connectivity index (χ1v) is 9.67. The van der Waals surface area contributed by atoms with Gasteiger partial charge in [-0.15, -0.1) is 6.58 Å².